The summed E-state index contributed by atoms with van der Waals surface area (Å²) >= 11 is 0. The standard InChI is InChI=1S/C13H12F3N3O/c1-17-12-5-11(18-13(19-12)6-20-2)7-3-9(15)10(16)4-8(7)14/h3-5H,6H2,1-2H3,(H,17,18,19). The maximum atomic E-state index is 13.8. The van der Waals surface area contributed by atoms with Crippen molar-refractivity contribution in [2.24, 2.45) is 0 Å². The number of halogens is 3. The molecule has 0 fully saturated rings. The molecule has 1 aromatic heterocycles. The molecule has 4 nitrogen and oxygen atoms in total. The van der Waals surface area contributed by atoms with Crippen LogP contribution in [0, 0.1) is 17.5 Å². The normalized spacial score (nSPS) is 10.7. The van der Waals surface area contributed by atoms with Crippen molar-refractivity contribution in [2.75, 3.05) is 19.5 Å². The maximum Gasteiger partial charge on any atom is 0.161 e. The number of nitrogens with one attached hydrogen (secondary N) is 1. The van der Waals surface area contributed by atoms with Gasteiger partial charge >= 0.3 is 0 Å². The quantitative estimate of drug-likeness (QED) is 0.876. The zero-order valence-corrected chi connectivity index (χ0v) is 10.9. The number of hydrogen-bond donors (Lipinski definition) is 1. The summed E-state index contributed by atoms with van der Waals surface area (Å²) in [6.45, 7) is 0.119. The average molecular weight is 283 g/mol. The highest BCUT2D eigenvalue weighted by Gasteiger charge is 2.14. The number of hydrogen-bond acceptors (Lipinski definition) is 4. The minimum Gasteiger partial charge on any atom is -0.377 e. The summed E-state index contributed by atoms with van der Waals surface area (Å²) in [5.41, 5.74) is 0.00736. The van der Waals surface area contributed by atoms with E-state index in [1.807, 2.05) is 0 Å². The molecule has 0 saturated heterocycles. The van der Waals surface area contributed by atoms with E-state index in [4.69, 9.17) is 4.74 Å². The summed E-state index contributed by atoms with van der Waals surface area (Å²) in [6.07, 6.45) is 0. The number of benzene rings is 1. The monoisotopic (exact) mass is 283 g/mol. The molecule has 1 N–H and O–H groups in total. The van der Waals surface area contributed by atoms with Crippen molar-refractivity contribution >= 4 is 5.82 Å². The van der Waals surface area contributed by atoms with Crippen LogP contribution in [0.5, 0.6) is 0 Å². The third-order valence-corrected chi connectivity index (χ3v) is 2.59. The molecular formula is C13H12F3N3O. The minimum absolute atomic E-state index is 0.119. The predicted octanol–water partition coefficient (Wildman–Crippen LogP) is 2.75. The highest BCUT2D eigenvalue weighted by atomic mass is 19.2. The van der Waals surface area contributed by atoms with E-state index >= 15 is 0 Å². The Morgan fingerprint density at radius 2 is 1.75 bits per heavy atom. The van der Waals surface area contributed by atoms with Gasteiger partial charge in [-0.1, -0.05) is 0 Å². The molecule has 106 valence electrons. The molecule has 2 rings (SSSR count). The third-order valence-electron chi connectivity index (χ3n) is 2.59. The average Bonchev–Trinajstić information content (AvgIpc) is 2.42. The molecule has 0 atom stereocenters. The molecule has 0 spiro atoms. The summed E-state index contributed by atoms with van der Waals surface area (Å²) < 4.78 is 44.9. The lowest BCUT2D eigenvalue weighted by Crippen LogP contribution is -2.04. The fraction of sp³-hybridized carbons (Fsp3) is 0.231. The molecule has 0 amide bonds. The van der Waals surface area contributed by atoms with Crippen LogP contribution in [-0.2, 0) is 11.3 Å². The molecule has 20 heavy (non-hydrogen) atoms. The van der Waals surface area contributed by atoms with Crippen LogP contribution >= 0.6 is 0 Å². The van der Waals surface area contributed by atoms with E-state index in [9.17, 15) is 13.2 Å². The molecule has 0 bridgehead atoms. The van der Waals surface area contributed by atoms with Crippen molar-refractivity contribution < 1.29 is 17.9 Å². The largest absolute Gasteiger partial charge is 0.377 e. The third kappa shape index (κ3) is 2.88. The van der Waals surface area contributed by atoms with Gasteiger partial charge in [0.25, 0.3) is 0 Å². The molecule has 0 aliphatic rings. The molecule has 0 saturated carbocycles. The SMILES string of the molecule is CNc1cc(-c2cc(F)c(F)cc2F)nc(COC)n1. The lowest BCUT2D eigenvalue weighted by atomic mass is 10.1. The first-order valence-electron chi connectivity index (χ1n) is 5.74. The second-order valence-electron chi connectivity index (χ2n) is 3.98. The fourth-order valence-corrected chi connectivity index (χ4v) is 1.68. The van der Waals surface area contributed by atoms with Gasteiger partial charge in [0.15, 0.2) is 17.5 Å². The Balaban J connectivity index is 2.56. The van der Waals surface area contributed by atoms with Crippen molar-refractivity contribution in [1.29, 1.82) is 0 Å². The summed E-state index contributed by atoms with van der Waals surface area (Å²) in [6, 6.07) is 2.69. The molecule has 0 aliphatic heterocycles. The van der Waals surface area contributed by atoms with Crippen LogP contribution in [0.2, 0.25) is 0 Å². The fourth-order valence-electron chi connectivity index (χ4n) is 1.68. The zero-order valence-electron chi connectivity index (χ0n) is 10.9. The molecular weight excluding hydrogens is 271 g/mol. The number of nitrogens with zero attached hydrogens (tertiary/aromatic N) is 2. The van der Waals surface area contributed by atoms with Crippen LogP contribution in [0.3, 0.4) is 0 Å². The molecule has 0 aliphatic carbocycles. The van der Waals surface area contributed by atoms with Gasteiger partial charge < -0.3 is 10.1 Å². The molecule has 2 aromatic rings. The Morgan fingerprint density at radius 3 is 2.40 bits per heavy atom. The van der Waals surface area contributed by atoms with Gasteiger partial charge in [-0.25, -0.2) is 23.1 Å². The lowest BCUT2D eigenvalue weighted by molar-refractivity contribution is 0.178. The van der Waals surface area contributed by atoms with Crippen molar-refractivity contribution in [3.63, 3.8) is 0 Å². The number of aromatic nitrogens is 2. The maximum absolute atomic E-state index is 13.8. The Labute approximate surface area is 113 Å². The summed E-state index contributed by atoms with van der Waals surface area (Å²) in [7, 11) is 3.09. The van der Waals surface area contributed by atoms with E-state index < -0.39 is 17.5 Å². The Bertz CT molecular complexity index is 634. The molecule has 7 heteroatoms. The summed E-state index contributed by atoms with van der Waals surface area (Å²) in [4.78, 5) is 8.17. The van der Waals surface area contributed by atoms with Crippen LogP contribution in [0.1, 0.15) is 5.82 Å². The number of anilines is 1. The highest BCUT2D eigenvalue weighted by Crippen LogP contribution is 2.25. The van der Waals surface area contributed by atoms with Gasteiger partial charge in [-0.3, -0.25) is 0 Å². The Kier molecular flexibility index (Phi) is 4.19. The van der Waals surface area contributed by atoms with E-state index in [1.165, 1.54) is 13.2 Å². The van der Waals surface area contributed by atoms with Crippen molar-refractivity contribution in [2.45, 2.75) is 6.61 Å². The van der Waals surface area contributed by atoms with Gasteiger partial charge in [0.1, 0.15) is 18.2 Å². The van der Waals surface area contributed by atoms with Crippen molar-refractivity contribution in [1.82, 2.24) is 9.97 Å². The van der Waals surface area contributed by atoms with Crippen LogP contribution in [0.15, 0.2) is 18.2 Å². The van der Waals surface area contributed by atoms with Gasteiger partial charge in [-0.2, -0.15) is 0 Å². The van der Waals surface area contributed by atoms with Gasteiger partial charge in [-0.15, -0.1) is 0 Å². The topological polar surface area (TPSA) is 47.0 Å². The minimum atomic E-state index is -1.24. The molecule has 0 unspecified atom stereocenters. The first-order valence-corrected chi connectivity index (χ1v) is 5.74. The van der Waals surface area contributed by atoms with E-state index in [0.717, 1.165) is 6.07 Å². The summed E-state index contributed by atoms with van der Waals surface area (Å²) in [5.74, 6) is -2.55. The zero-order chi connectivity index (χ0) is 14.7. The first kappa shape index (κ1) is 14.3. The van der Waals surface area contributed by atoms with E-state index in [0.29, 0.717) is 17.7 Å². The van der Waals surface area contributed by atoms with Crippen molar-refractivity contribution in [3.8, 4) is 11.3 Å². The number of rotatable bonds is 4. The van der Waals surface area contributed by atoms with Gasteiger partial charge in [0, 0.05) is 31.9 Å². The predicted molar refractivity (Wildman–Crippen MR) is 67.6 cm³/mol. The van der Waals surface area contributed by atoms with E-state index in [-0.39, 0.29) is 17.9 Å². The van der Waals surface area contributed by atoms with Crippen molar-refractivity contribution in [3.05, 3.63) is 41.5 Å². The van der Waals surface area contributed by atoms with Crippen LogP contribution in [0.25, 0.3) is 11.3 Å². The first-order chi connectivity index (χ1) is 9.55. The Hall–Kier alpha value is -2.15. The van der Waals surface area contributed by atoms with Crippen LogP contribution < -0.4 is 5.32 Å². The second kappa shape index (κ2) is 5.87. The van der Waals surface area contributed by atoms with Gasteiger partial charge in [0.05, 0.1) is 5.69 Å². The Morgan fingerprint density at radius 1 is 1.05 bits per heavy atom. The summed E-state index contributed by atoms with van der Waals surface area (Å²) in [5, 5.41) is 2.78. The van der Waals surface area contributed by atoms with Crippen LogP contribution in [-0.4, -0.2) is 24.1 Å². The number of methoxy groups -OCH3 is 1. The second-order valence-corrected chi connectivity index (χ2v) is 3.98. The van der Waals surface area contributed by atoms with Gasteiger partial charge in [-0.05, 0) is 6.07 Å². The molecule has 1 heterocycles. The molecule has 0 radical (unpaired) electrons. The smallest absolute Gasteiger partial charge is 0.161 e. The highest BCUT2D eigenvalue weighted by molar-refractivity contribution is 5.63. The van der Waals surface area contributed by atoms with E-state index in [2.05, 4.69) is 15.3 Å². The van der Waals surface area contributed by atoms with Gasteiger partial charge in [0.2, 0.25) is 0 Å². The van der Waals surface area contributed by atoms with E-state index in [1.54, 1.807) is 7.05 Å². The molecule has 1 aromatic carbocycles. The van der Waals surface area contributed by atoms with Crippen LogP contribution in [0.4, 0.5) is 19.0 Å². The number of ether oxygens (including phenoxy) is 1. The lowest BCUT2D eigenvalue weighted by Gasteiger charge is -2.08.